The molecule has 13 nitrogen and oxygen atoms in total. The van der Waals surface area contributed by atoms with Gasteiger partial charge in [0, 0.05) is 16.8 Å². The number of rotatable bonds is 8. The fourth-order valence-electron chi connectivity index (χ4n) is 3.67. The van der Waals surface area contributed by atoms with Crippen molar-refractivity contribution in [3.05, 3.63) is 65.3 Å². The first-order valence-corrected chi connectivity index (χ1v) is 14.0. The number of aromatic nitrogens is 4. The Labute approximate surface area is 235 Å². The van der Waals surface area contributed by atoms with E-state index in [9.17, 15) is 36.3 Å². The summed E-state index contributed by atoms with van der Waals surface area (Å²) in [5.74, 6) is -2.20. The predicted octanol–water partition coefficient (Wildman–Crippen LogP) is 1.76. The predicted molar refractivity (Wildman–Crippen MR) is 139 cm³/mol. The first-order valence-electron chi connectivity index (χ1n) is 11.8. The van der Waals surface area contributed by atoms with E-state index >= 15 is 0 Å². The number of nitrogens with one attached hydrogen (secondary N) is 3. The van der Waals surface area contributed by atoms with Crippen molar-refractivity contribution in [2.45, 2.75) is 18.8 Å². The molecular formula is C23H22ClF3N8O5S. The third kappa shape index (κ3) is 7.36. The number of carbonyl (C=O) groups is 2. The average Bonchev–Trinajstić information content (AvgIpc) is 3.37. The fourth-order valence-corrected chi connectivity index (χ4v) is 5.23. The maximum absolute atomic E-state index is 13.0. The third-order valence-corrected chi connectivity index (χ3v) is 7.92. The summed E-state index contributed by atoms with van der Waals surface area (Å²) >= 11 is 5.82. The van der Waals surface area contributed by atoms with E-state index in [1.165, 1.54) is 53.6 Å². The highest BCUT2D eigenvalue weighted by molar-refractivity contribution is 7.92. The molecule has 0 radical (unpaired) electrons. The van der Waals surface area contributed by atoms with Crippen molar-refractivity contribution in [1.82, 2.24) is 30.0 Å². The molecule has 0 aliphatic carbocycles. The van der Waals surface area contributed by atoms with Crippen molar-refractivity contribution < 1.29 is 36.3 Å². The molecule has 0 saturated carbocycles. The number of carbonyl (C=O) groups excluding carboxylic acids is 2. The monoisotopic (exact) mass is 614 g/mol. The third-order valence-electron chi connectivity index (χ3n) is 5.85. The lowest BCUT2D eigenvalue weighted by molar-refractivity contribution is -0.204. The summed E-state index contributed by atoms with van der Waals surface area (Å²) in [7, 11) is -3.21. The first-order chi connectivity index (χ1) is 19.2. The summed E-state index contributed by atoms with van der Waals surface area (Å²) in [6, 6.07) is 7.37. The fraction of sp³-hybridized carbons (Fsp3) is 0.304. The molecule has 0 bridgehead atoms. The number of hydrogen-bond acceptors (Lipinski definition) is 9. The number of pyridine rings is 1. The lowest BCUT2D eigenvalue weighted by Crippen LogP contribution is -2.50. The van der Waals surface area contributed by atoms with Crippen LogP contribution in [0, 0.1) is 11.3 Å². The van der Waals surface area contributed by atoms with Gasteiger partial charge < -0.3 is 15.7 Å². The molecule has 1 fully saturated rings. The van der Waals surface area contributed by atoms with Gasteiger partial charge in [0.05, 0.1) is 36.2 Å². The van der Waals surface area contributed by atoms with E-state index in [0.29, 0.717) is 9.92 Å². The Kier molecular flexibility index (Phi) is 8.60. The molecule has 1 aromatic carbocycles. The van der Waals surface area contributed by atoms with E-state index < -0.39 is 52.4 Å². The maximum atomic E-state index is 13.0. The minimum Gasteiger partial charge on any atom is -0.382 e. The quantitative estimate of drug-likeness (QED) is 0.218. The summed E-state index contributed by atoms with van der Waals surface area (Å²) in [6.07, 6.45) is -5.33. The van der Waals surface area contributed by atoms with Crippen LogP contribution in [0.25, 0.3) is 5.82 Å². The van der Waals surface area contributed by atoms with E-state index in [1.807, 2.05) is 0 Å². The number of anilines is 1. The highest BCUT2D eigenvalue weighted by Gasteiger charge is 2.41. The lowest BCUT2D eigenvalue weighted by Gasteiger charge is -2.27. The molecule has 4 N–H and O–H groups in total. The number of sulfone groups is 1. The van der Waals surface area contributed by atoms with Crippen molar-refractivity contribution in [1.29, 1.82) is 5.41 Å². The van der Waals surface area contributed by atoms with Gasteiger partial charge in [-0.3, -0.25) is 15.1 Å². The standard InChI is InChI=1S/C23H22ClF3N8O5S/c24-15-5-3-13(4-6-15)19(28)34(9-17(36)23(25,26)27)22(38)30-8-18-31-12-35(33-18)20-16(2-1-7-29-20)32-21(37)14-10-41(39,40)11-14/h1-7,12,14,17,28,36H,8-11H2,(H,30,38)(H,32,37)/t17-/m0/s1. The first kappa shape index (κ1) is 29.9. The molecule has 4 rings (SSSR count). The van der Waals surface area contributed by atoms with Crippen LogP contribution in [0.4, 0.5) is 23.7 Å². The molecule has 41 heavy (non-hydrogen) atoms. The summed E-state index contributed by atoms with van der Waals surface area (Å²) in [5.41, 5.74) is 0.288. The Balaban J connectivity index is 1.46. The largest absolute Gasteiger partial charge is 0.416 e. The Morgan fingerprint density at radius 1 is 1.20 bits per heavy atom. The molecule has 218 valence electrons. The smallest absolute Gasteiger partial charge is 0.382 e. The molecule has 0 unspecified atom stereocenters. The van der Waals surface area contributed by atoms with E-state index in [-0.39, 0.29) is 40.9 Å². The highest BCUT2D eigenvalue weighted by atomic mass is 35.5. The zero-order chi connectivity index (χ0) is 29.9. The number of aliphatic hydroxyl groups is 1. The van der Waals surface area contributed by atoms with Crippen LogP contribution in [-0.4, -0.2) is 86.3 Å². The van der Waals surface area contributed by atoms with Crippen LogP contribution >= 0.6 is 11.6 Å². The van der Waals surface area contributed by atoms with Gasteiger partial charge in [-0.1, -0.05) is 11.6 Å². The zero-order valence-corrected chi connectivity index (χ0v) is 22.4. The van der Waals surface area contributed by atoms with Crippen LogP contribution in [0.5, 0.6) is 0 Å². The van der Waals surface area contributed by atoms with Crippen molar-refractivity contribution in [3.8, 4) is 5.82 Å². The van der Waals surface area contributed by atoms with Gasteiger partial charge in [-0.2, -0.15) is 13.2 Å². The Morgan fingerprint density at radius 3 is 2.51 bits per heavy atom. The molecule has 2 aromatic heterocycles. The van der Waals surface area contributed by atoms with Gasteiger partial charge >= 0.3 is 12.2 Å². The molecular weight excluding hydrogens is 593 g/mol. The average molecular weight is 615 g/mol. The number of nitrogens with zero attached hydrogens (tertiary/aromatic N) is 5. The van der Waals surface area contributed by atoms with Crippen LogP contribution in [0.3, 0.4) is 0 Å². The van der Waals surface area contributed by atoms with Gasteiger partial charge in [0.2, 0.25) is 5.91 Å². The number of alkyl halides is 3. The van der Waals surface area contributed by atoms with E-state index in [4.69, 9.17) is 17.0 Å². The van der Waals surface area contributed by atoms with Gasteiger partial charge in [-0.15, -0.1) is 5.10 Å². The van der Waals surface area contributed by atoms with Gasteiger partial charge in [0.25, 0.3) is 0 Å². The highest BCUT2D eigenvalue weighted by Crippen LogP contribution is 2.23. The molecule has 3 amide bonds. The number of amidine groups is 1. The maximum Gasteiger partial charge on any atom is 0.416 e. The van der Waals surface area contributed by atoms with Crippen LogP contribution < -0.4 is 10.6 Å². The second-order valence-corrected chi connectivity index (χ2v) is 11.5. The second kappa shape index (κ2) is 11.8. The molecule has 3 heterocycles. The summed E-state index contributed by atoms with van der Waals surface area (Å²) in [4.78, 5) is 33.9. The minimum absolute atomic E-state index is 0.000657. The molecule has 1 aliphatic heterocycles. The molecule has 1 atom stereocenters. The summed E-state index contributed by atoms with van der Waals surface area (Å²) < 4.78 is 63.1. The number of urea groups is 1. The van der Waals surface area contributed by atoms with E-state index in [1.54, 1.807) is 0 Å². The van der Waals surface area contributed by atoms with Crippen molar-refractivity contribution in [2.75, 3.05) is 23.4 Å². The number of amides is 3. The SMILES string of the molecule is N=C(c1ccc(Cl)cc1)N(C[C@H](O)C(F)(F)F)C(=O)NCc1ncn(-c2ncccc2NC(=O)C2CS(=O)(=O)C2)n1. The molecule has 0 spiro atoms. The second-order valence-electron chi connectivity index (χ2n) is 8.93. The van der Waals surface area contributed by atoms with Gasteiger partial charge in [0.1, 0.15) is 12.2 Å². The normalized spacial score (nSPS) is 15.4. The van der Waals surface area contributed by atoms with E-state index in [2.05, 4.69) is 25.7 Å². The number of hydrogen-bond donors (Lipinski definition) is 4. The Bertz CT molecular complexity index is 1550. The molecule has 1 aliphatic rings. The Morgan fingerprint density at radius 2 is 1.88 bits per heavy atom. The van der Waals surface area contributed by atoms with Gasteiger partial charge in [-0.25, -0.2) is 27.9 Å². The number of halogens is 4. The van der Waals surface area contributed by atoms with Crippen LogP contribution in [-0.2, 0) is 21.2 Å². The van der Waals surface area contributed by atoms with Crippen molar-refractivity contribution in [2.24, 2.45) is 5.92 Å². The van der Waals surface area contributed by atoms with Crippen molar-refractivity contribution >= 4 is 44.9 Å². The summed E-state index contributed by atoms with van der Waals surface area (Å²) in [6.45, 7) is -1.63. The van der Waals surface area contributed by atoms with E-state index in [0.717, 1.165) is 0 Å². The molecule has 18 heteroatoms. The van der Waals surface area contributed by atoms with Crippen LogP contribution in [0.1, 0.15) is 11.4 Å². The number of aliphatic hydroxyl groups excluding tert-OH is 1. The summed E-state index contributed by atoms with van der Waals surface area (Å²) in [5, 5.41) is 27.2. The van der Waals surface area contributed by atoms with Crippen LogP contribution in [0.2, 0.25) is 5.02 Å². The van der Waals surface area contributed by atoms with Crippen molar-refractivity contribution in [3.63, 3.8) is 0 Å². The molecule has 1 saturated heterocycles. The zero-order valence-electron chi connectivity index (χ0n) is 20.8. The van der Waals surface area contributed by atoms with Crippen LogP contribution in [0.15, 0.2) is 48.9 Å². The lowest BCUT2D eigenvalue weighted by atomic mass is 10.2. The minimum atomic E-state index is -5.04. The van der Waals surface area contributed by atoms with Gasteiger partial charge in [0.15, 0.2) is 27.6 Å². The molecule has 3 aromatic rings. The topological polar surface area (TPSA) is 183 Å². The Hall–Kier alpha value is -4.09. The number of benzene rings is 1. The van der Waals surface area contributed by atoms with Gasteiger partial charge in [-0.05, 0) is 36.4 Å².